The van der Waals surface area contributed by atoms with Gasteiger partial charge in [0, 0.05) is 17.8 Å². The lowest BCUT2D eigenvalue weighted by atomic mass is 9.88. The van der Waals surface area contributed by atoms with Gasteiger partial charge in [0.05, 0.1) is 5.56 Å². The number of hydrogen-bond acceptors (Lipinski definition) is 2. The minimum Gasteiger partial charge on any atom is -0.503 e. The summed E-state index contributed by atoms with van der Waals surface area (Å²) in [5, 5.41) is 11.6. The van der Waals surface area contributed by atoms with Crippen LogP contribution in [-0.2, 0) is 0 Å². The molecule has 0 radical (unpaired) electrons. The maximum absolute atomic E-state index is 13.6. The average Bonchev–Trinajstić information content (AvgIpc) is 2.96. The minimum atomic E-state index is -1.71. The molecule has 0 saturated heterocycles. The fourth-order valence-corrected chi connectivity index (χ4v) is 2.96. The number of aromatic hydroxyl groups is 1. The van der Waals surface area contributed by atoms with Crippen LogP contribution in [0.2, 0.25) is 0 Å². The Morgan fingerprint density at radius 3 is 2.48 bits per heavy atom. The normalized spacial score (nSPS) is 17.0. The summed E-state index contributed by atoms with van der Waals surface area (Å²) < 4.78 is 39.8. The zero-order chi connectivity index (χ0) is 15.6. The van der Waals surface area contributed by atoms with E-state index in [1.54, 1.807) is 0 Å². The van der Waals surface area contributed by atoms with Gasteiger partial charge in [-0.3, -0.25) is 4.79 Å². The predicted octanol–water partition coefficient (Wildman–Crippen LogP) is 3.34. The van der Waals surface area contributed by atoms with Gasteiger partial charge in [-0.1, -0.05) is 12.8 Å². The minimum absolute atomic E-state index is 0.231. The van der Waals surface area contributed by atoms with Gasteiger partial charge >= 0.3 is 0 Å². The van der Waals surface area contributed by atoms with Crippen LogP contribution in [0.4, 0.5) is 13.2 Å². The Hall–Kier alpha value is -1.43. The molecular formula is C14H15ClF3NO2. The van der Waals surface area contributed by atoms with Gasteiger partial charge in [0.2, 0.25) is 5.82 Å². The monoisotopic (exact) mass is 321 g/mol. The van der Waals surface area contributed by atoms with Crippen molar-refractivity contribution >= 4 is 17.5 Å². The molecule has 0 spiro atoms. The van der Waals surface area contributed by atoms with Crippen LogP contribution >= 0.6 is 11.6 Å². The largest absolute Gasteiger partial charge is 0.503 e. The molecular weight excluding hydrogens is 307 g/mol. The van der Waals surface area contributed by atoms with Gasteiger partial charge in [-0.15, -0.1) is 11.6 Å². The molecule has 1 amide bonds. The van der Waals surface area contributed by atoms with Gasteiger partial charge in [-0.25, -0.2) is 8.78 Å². The number of carbonyl (C=O) groups excluding carboxylic acids is 1. The van der Waals surface area contributed by atoms with Gasteiger partial charge in [0.15, 0.2) is 17.4 Å². The molecule has 7 heteroatoms. The third-order valence-electron chi connectivity index (χ3n) is 3.95. The molecule has 1 saturated carbocycles. The number of alkyl halides is 1. The summed E-state index contributed by atoms with van der Waals surface area (Å²) in [6.45, 7) is 0.231. The van der Waals surface area contributed by atoms with Crippen molar-refractivity contribution in [3.8, 4) is 5.75 Å². The Labute approximate surface area is 125 Å². The molecule has 1 fully saturated rings. The summed E-state index contributed by atoms with van der Waals surface area (Å²) in [7, 11) is 0. The second-order valence-corrected chi connectivity index (χ2v) is 5.67. The summed E-state index contributed by atoms with van der Waals surface area (Å²) in [6, 6.07) is 0.432. The number of phenols is 1. The Morgan fingerprint density at radius 2 is 1.90 bits per heavy atom. The first kappa shape index (κ1) is 15.9. The number of nitrogens with one attached hydrogen (secondary N) is 1. The number of amides is 1. The molecule has 0 heterocycles. The second kappa shape index (κ2) is 6.13. The highest BCUT2D eigenvalue weighted by Gasteiger charge is 2.34. The molecule has 1 aromatic carbocycles. The van der Waals surface area contributed by atoms with Crippen molar-refractivity contribution in [2.75, 3.05) is 12.4 Å². The summed E-state index contributed by atoms with van der Waals surface area (Å²) in [5.41, 5.74) is -0.969. The number of hydrogen-bond donors (Lipinski definition) is 2. The maximum Gasteiger partial charge on any atom is 0.254 e. The Balaban J connectivity index is 2.14. The summed E-state index contributed by atoms with van der Waals surface area (Å²) in [5.74, 6) is -6.70. The molecule has 1 aliphatic carbocycles. The highest BCUT2D eigenvalue weighted by atomic mass is 35.5. The Bertz CT molecular complexity index is 560. The van der Waals surface area contributed by atoms with Crippen LogP contribution in [-0.4, -0.2) is 23.4 Å². The topological polar surface area (TPSA) is 49.3 Å². The van der Waals surface area contributed by atoms with Crippen molar-refractivity contribution < 1.29 is 23.1 Å². The van der Waals surface area contributed by atoms with E-state index in [2.05, 4.69) is 5.32 Å². The zero-order valence-corrected chi connectivity index (χ0v) is 11.9. The highest BCUT2D eigenvalue weighted by molar-refractivity contribution is 6.18. The van der Waals surface area contributed by atoms with E-state index in [1.165, 1.54) is 0 Å². The fraction of sp³-hybridized carbons (Fsp3) is 0.500. The summed E-state index contributed by atoms with van der Waals surface area (Å²) in [6.07, 6.45) is 3.70. The van der Waals surface area contributed by atoms with E-state index in [9.17, 15) is 18.0 Å². The molecule has 0 aliphatic heterocycles. The molecule has 0 unspecified atom stereocenters. The first-order valence-electron chi connectivity index (χ1n) is 6.61. The lowest BCUT2D eigenvalue weighted by Gasteiger charge is -2.26. The molecule has 0 atom stereocenters. The molecule has 1 aliphatic rings. The van der Waals surface area contributed by atoms with Crippen LogP contribution in [0.5, 0.6) is 5.75 Å². The predicted molar refractivity (Wildman–Crippen MR) is 71.9 cm³/mol. The fourth-order valence-electron chi connectivity index (χ4n) is 2.60. The van der Waals surface area contributed by atoms with Crippen molar-refractivity contribution in [3.63, 3.8) is 0 Å². The SMILES string of the molecule is O=C(NCC1(CCl)CCCC1)c1cc(F)c(F)c(O)c1F. The van der Waals surface area contributed by atoms with Crippen LogP contribution in [0, 0.1) is 22.9 Å². The van der Waals surface area contributed by atoms with E-state index in [0.29, 0.717) is 11.9 Å². The molecule has 0 aromatic heterocycles. The van der Waals surface area contributed by atoms with Crippen molar-refractivity contribution in [1.29, 1.82) is 0 Å². The highest BCUT2D eigenvalue weighted by Crippen LogP contribution is 2.38. The first-order chi connectivity index (χ1) is 9.90. The number of rotatable bonds is 4. The quantitative estimate of drug-likeness (QED) is 0.660. The van der Waals surface area contributed by atoms with Gasteiger partial charge in [-0.2, -0.15) is 4.39 Å². The molecule has 2 rings (SSSR count). The zero-order valence-electron chi connectivity index (χ0n) is 11.2. The van der Waals surface area contributed by atoms with E-state index < -0.39 is 34.7 Å². The van der Waals surface area contributed by atoms with Crippen molar-refractivity contribution in [1.82, 2.24) is 5.32 Å². The van der Waals surface area contributed by atoms with Gasteiger partial charge in [0.1, 0.15) is 0 Å². The summed E-state index contributed by atoms with van der Waals surface area (Å²) >= 11 is 5.92. The third-order valence-corrected chi connectivity index (χ3v) is 4.52. The van der Waals surface area contributed by atoms with Gasteiger partial charge < -0.3 is 10.4 Å². The van der Waals surface area contributed by atoms with Crippen LogP contribution in [0.15, 0.2) is 6.07 Å². The maximum atomic E-state index is 13.6. The Kier molecular flexibility index (Phi) is 4.66. The van der Waals surface area contributed by atoms with Crippen LogP contribution in [0.3, 0.4) is 0 Å². The third kappa shape index (κ3) is 3.10. The standard InChI is InChI=1S/C14H15ClF3NO2/c15-6-14(3-1-2-4-14)7-19-13(21)8-5-9(16)11(18)12(20)10(8)17/h5,20H,1-4,6-7H2,(H,19,21). The van der Waals surface area contributed by atoms with Crippen molar-refractivity contribution in [2.45, 2.75) is 25.7 Å². The molecule has 3 nitrogen and oxygen atoms in total. The van der Waals surface area contributed by atoms with E-state index in [1.807, 2.05) is 0 Å². The van der Waals surface area contributed by atoms with Crippen molar-refractivity contribution in [2.24, 2.45) is 5.41 Å². The molecule has 0 bridgehead atoms. The van der Waals surface area contributed by atoms with E-state index in [4.69, 9.17) is 16.7 Å². The van der Waals surface area contributed by atoms with Crippen LogP contribution < -0.4 is 5.32 Å². The number of halogens is 4. The summed E-state index contributed by atoms with van der Waals surface area (Å²) in [4.78, 5) is 11.9. The Morgan fingerprint density at radius 1 is 1.29 bits per heavy atom. The lowest BCUT2D eigenvalue weighted by Crippen LogP contribution is -2.37. The second-order valence-electron chi connectivity index (χ2n) is 5.41. The number of phenolic OH excluding ortho intramolecular Hbond substituents is 1. The van der Waals surface area contributed by atoms with Crippen LogP contribution in [0.1, 0.15) is 36.0 Å². The molecule has 2 N–H and O–H groups in total. The smallest absolute Gasteiger partial charge is 0.254 e. The van der Waals surface area contributed by atoms with Crippen molar-refractivity contribution in [3.05, 3.63) is 29.1 Å². The van der Waals surface area contributed by atoms with Crippen LogP contribution in [0.25, 0.3) is 0 Å². The van der Waals surface area contributed by atoms with Gasteiger partial charge in [-0.05, 0) is 18.9 Å². The van der Waals surface area contributed by atoms with E-state index in [0.717, 1.165) is 25.7 Å². The number of carbonyl (C=O) groups is 1. The molecule has 1 aromatic rings. The van der Waals surface area contributed by atoms with E-state index in [-0.39, 0.29) is 12.0 Å². The van der Waals surface area contributed by atoms with Gasteiger partial charge in [0.25, 0.3) is 5.91 Å². The number of benzene rings is 1. The molecule has 21 heavy (non-hydrogen) atoms. The molecule has 116 valence electrons. The average molecular weight is 322 g/mol. The lowest BCUT2D eigenvalue weighted by molar-refractivity contribution is 0.0929. The first-order valence-corrected chi connectivity index (χ1v) is 7.14. The van der Waals surface area contributed by atoms with E-state index >= 15 is 0 Å².